The molecule has 18 heavy (non-hydrogen) atoms. The van der Waals surface area contributed by atoms with Crippen LogP contribution in [0.2, 0.25) is 0 Å². The maximum atomic E-state index is 11.8. The summed E-state index contributed by atoms with van der Waals surface area (Å²) in [6.45, 7) is 2.94. The van der Waals surface area contributed by atoms with Crippen LogP contribution >= 0.6 is 0 Å². The van der Waals surface area contributed by atoms with Crippen molar-refractivity contribution in [1.29, 1.82) is 0 Å². The van der Waals surface area contributed by atoms with E-state index in [1.807, 2.05) is 0 Å². The van der Waals surface area contributed by atoms with E-state index in [1.165, 1.54) is 0 Å². The highest BCUT2D eigenvalue weighted by Gasteiger charge is 2.27. The molecule has 2 aliphatic rings. The molecule has 1 atom stereocenters. The van der Waals surface area contributed by atoms with Gasteiger partial charge >= 0.3 is 0 Å². The molecule has 2 rings (SSSR count). The summed E-state index contributed by atoms with van der Waals surface area (Å²) in [6, 6.07) is -0.478. The summed E-state index contributed by atoms with van der Waals surface area (Å²) in [6.07, 6.45) is 0.885. The van der Waals surface area contributed by atoms with E-state index in [-0.39, 0.29) is 24.3 Å². The highest BCUT2D eigenvalue weighted by atomic mass is 16.2. The largest absolute Gasteiger partial charge is 0.345 e. The molecule has 0 aliphatic carbocycles. The van der Waals surface area contributed by atoms with E-state index in [9.17, 15) is 14.4 Å². The van der Waals surface area contributed by atoms with Gasteiger partial charge in [-0.05, 0) is 6.42 Å². The van der Waals surface area contributed by atoms with Crippen LogP contribution in [0.25, 0.3) is 0 Å². The predicted octanol–water partition coefficient (Wildman–Crippen LogP) is -2.19. The van der Waals surface area contributed by atoms with Crippen molar-refractivity contribution in [3.05, 3.63) is 0 Å². The summed E-state index contributed by atoms with van der Waals surface area (Å²) in [5.41, 5.74) is 0. The number of piperazine rings is 1. The Hall–Kier alpha value is -1.63. The fourth-order valence-corrected chi connectivity index (χ4v) is 2.12. The zero-order valence-electron chi connectivity index (χ0n) is 10.2. The second kappa shape index (κ2) is 5.81. The van der Waals surface area contributed by atoms with Gasteiger partial charge in [-0.25, -0.2) is 0 Å². The minimum Gasteiger partial charge on any atom is -0.345 e. The highest BCUT2D eigenvalue weighted by molar-refractivity contribution is 5.92. The van der Waals surface area contributed by atoms with Crippen molar-refractivity contribution in [2.45, 2.75) is 18.9 Å². The van der Waals surface area contributed by atoms with E-state index in [0.717, 1.165) is 13.1 Å². The standard InChI is InChI=1S/C11H18N4O3/c16-9-2-1-8(14-9)11(18)13-7-10(17)15-5-3-12-4-6-15/h8,12H,1-7H2,(H,13,18)(H,14,16)/t8-/m1/s1. The van der Waals surface area contributed by atoms with Crippen LogP contribution in [-0.4, -0.2) is 61.4 Å². The van der Waals surface area contributed by atoms with Crippen molar-refractivity contribution in [1.82, 2.24) is 20.9 Å². The third-order valence-corrected chi connectivity index (χ3v) is 3.20. The van der Waals surface area contributed by atoms with E-state index in [4.69, 9.17) is 0 Å². The van der Waals surface area contributed by atoms with Gasteiger partial charge in [-0.15, -0.1) is 0 Å². The second-order valence-corrected chi connectivity index (χ2v) is 4.51. The van der Waals surface area contributed by atoms with Crippen LogP contribution in [0.5, 0.6) is 0 Å². The smallest absolute Gasteiger partial charge is 0.243 e. The molecule has 2 heterocycles. The van der Waals surface area contributed by atoms with Crippen LogP contribution in [0.1, 0.15) is 12.8 Å². The maximum absolute atomic E-state index is 11.8. The molecule has 0 aromatic rings. The fraction of sp³-hybridized carbons (Fsp3) is 0.727. The second-order valence-electron chi connectivity index (χ2n) is 4.51. The monoisotopic (exact) mass is 254 g/mol. The number of rotatable bonds is 3. The van der Waals surface area contributed by atoms with E-state index < -0.39 is 6.04 Å². The SMILES string of the molecule is O=C1CC[C@H](C(=O)NCC(=O)N2CCNCC2)N1. The van der Waals surface area contributed by atoms with E-state index >= 15 is 0 Å². The Morgan fingerprint density at radius 2 is 2.06 bits per heavy atom. The first-order valence-corrected chi connectivity index (χ1v) is 6.22. The summed E-state index contributed by atoms with van der Waals surface area (Å²) in [5, 5.41) is 8.30. The molecule has 0 aromatic carbocycles. The van der Waals surface area contributed by atoms with Gasteiger partial charge < -0.3 is 20.9 Å². The van der Waals surface area contributed by atoms with Crippen molar-refractivity contribution < 1.29 is 14.4 Å². The summed E-state index contributed by atoms with van der Waals surface area (Å²) in [7, 11) is 0. The lowest BCUT2D eigenvalue weighted by Gasteiger charge is -2.27. The topological polar surface area (TPSA) is 90.5 Å². The lowest BCUT2D eigenvalue weighted by molar-refractivity contribution is -0.133. The van der Waals surface area contributed by atoms with Crippen molar-refractivity contribution in [2.24, 2.45) is 0 Å². The number of hydrogen-bond donors (Lipinski definition) is 3. The number of amides is 3. The molecule has 3 amide bonds. The number of nitrogens with zero attached hydrogens (tertiary/aromatic N) is 1. The average Bonchev–Trinajstić information content (AvgIpc) is 2.83. The van der Waals surface area contributed by atoms with Crippen LogP contribution in [0.15, 0.2) is 0 Å². The first-order chi connectivity index (χ1) is 8.66. The molecule has 2 fully saturated rings. The van der Waals surface area contributed by atoms with Crippen LogP contribution in [0.3, 0.4) is 0 Å². The Kier molecular flexibility index (Phi) is 4.14. The van der Waals surface area contributed by atoms with Gasteiger partial charge in [-0.2, -0.15) is 0 Å². The molecule has 0 unspecified atom stereocenters. The Morgan fingerprint density at radius 3 is 2.67 bits per heavy atom. The molecule has 3 N–H and O–H groups in total. The molecule has 0 radical (unpaired) electrons. The lowest BCUT2D eigenvalue weighted by Crippen LogP contribution is -2.51. The first-order valence-electron chi connectivity index (χ1n) is 6.22. The highest BCUT2D eigenvalue weighted by Crippen LogP contribution is 2.06. The molecule has 100 valence electrons. The average molecular weight is 254 g/mol. The molecule has 0 bridgehead atoms. The fourth-order valence-electron chi connectivity index (χ4n) is 2.12. The molecule has 0 spiro atoms. The van der Waals surface area contributed by atoms with E-state index in [0.29, 0.717) is 25.9 Å². The molecule has 2 aliphatic heterocycles. The molecule has 2 saturated heterocycles. The molecule has 7 nitrogen and oxygen atoms in total. The number of carbonyl (C=O) groups is 3. The van der Waals surface area contributed by atoms with Gasteiger partial charge in [0.2, 0.25) is 17.7 Å². The molecule has 7 heteroatoms. The lowest BCUT2D eigenvalue weighted by atomic mass is 10.2. The zero-order valence-corrected chi connectivity index (χ0v) is 10.2. The van der Waals surface area contributed by atoms with Crippen LogP contribution < -0.4 is 16.0 Å². The van der Waals surface area contributed by atoms with Crippen molar-refractivity contribution >= 4 is 17.7 Å². The van der Waals surface area contributed by atoms with Gasteiger partial charge in [-0.3, -0.25) is 14.4 Å². The predicted molar refractivity (Wildman–Crippen MR) is 63.6 cm³/mol. The molecular weight excluding hydrogens is 236 g/mol. The normalized spacial score (nSPS) is 23.7. The Morgan fingerprint density at radius 1 is 1.33 bits per heavy atom. The Bertz CT molecular complexity index is 352. The van der Waals surface area contributed by atoms with E-state index in [1.54, 1.807) is 4.90 Å². The van der Waals surface area contributed by atoms with E-state index in [2.05, 4.69) is 16.0 Å². The number of nitrogens with one attached hydrogen (secondary N) is 3. The molecular formula is C11H18N4O3. The number of carbonyl (C=O) groups excluding carboxylic acids is 3. The molecule has 0 saturated carbocycles. The quantitative estimate of drug-likeness (QED) is 0.534. The van der Waals surface area contributed by atoms with Crippen LogP contribution in [0.4, 0.5) is 0 Å². The minimum atomic E-state index is -0.478. The van der Waals surface area contributed by atoms with Gasteiger partial charge in [-0.1, -0.05) is 0 Å². The van der Waals surface area contributed by atoms with Gasteiger partial charge in [0.1, 0.15) is 6.04 Å². The van der Waals surface area contributed by atoms with Crippen molar-refractivity contribution in [3.8, 4) is 0 Å². The van der Waals surface area contributed by atoms with Gasteiger partial charge in [0, 0.05) is 32.6 Å². The van der Waals surface area contributed by atoms with Crippen molar-refractivity contribution in [2.75, 3.05) is 32.7 Å². The minimum absolute atomic E-state index is 0.00516. The van der Waals surface area contributed by atoms with Gasteiger partial charge in [0.05, 0.1) is 6.54 Å². The summed E-state index contributed by atoms with van der Waals surface area (Å²) < 4.78 is 0. The van der Waals surface area contributed by atoms with Crippen molar-refractivity contribution in [3.63, 3.8) is 0 Å². The third kappa shape index (κ3) is 3.19. The van der Waals surface area contributed by atoms with Gasteiger partial charge in [0.25, 0.3) is 0 Å². The van der Waals surface area contributed by atoms with Crippen LogP contribution in [0, 0.1) is 0 Å². The summed E-state index contributed by atoms with van der Waals surface area (Å²) >= 11 is 0. The molecule has 0 aromatic heterocycles. The van der Waals surface area contributed by atoms with Crippen LogP contribution in [-0.2, 0) is 14.4 Å². The number of hydrogen-bond acceptors (Lipinski definition) is 4. The Balaban J connectivity index is 1.71. The Labute approximate surface area is 105 Å². The first kappa shape index (κ1) is 12.8. The summed E-state index contributed by atoms with van der Waals surface area (Å²) in [4.78, 5) is 36.1. The summed E-state index contributed by atoms with van der Waals surface area (Å²) in [5.74, 6) is -0.456. The third-order valence-electron chi connectivity index (χ3n) is 3.20. The zero-order chi connectivity index (χ0) is 13.0. The van der Waals surface area contributed by atoms with Gasteiger partial charge in [0.15, 0.2) is 0 Å². The maximum Gasteiger partial charge on any atom is 0.243 e.